The maximum atomic E-state index is 13.2. The molecule has 0 bridgehead atoms. The Morgan fingerprint density at radius 3 is 2.86 bits per heavy atom. The molecule has 2 heterocycles. The lowest BCUT2D eigenvalue weighted by Gasteiger charge is -2.37. The van der Waals surface area contributed by atoms with Gasteiger partial charge in [-0.05, 0) is 68.5 Å². The van der Waals surface area contributed by atoms with Crippen molar-refractivity contribution in [3.8, 4) is 0 Å². The van der Waals surface area contributed by atoms with Crippen LogP contribution in [0.2, 0.25) is 0 Å². The first-order valence-corrected chi connectivity index (χ1v) is 10.4. The van der Waals surface area contributed by atoms with Crippen molar-refractivity contribution in [3.05, 3.63) is 65.7 Å². The second-order valence-electron chi connectivity index (χ2n) is 7.74. The molecular formula is C23H27FN4O. The summed E-state index contributed by atoms with van der Waals surface area (Å²) >= 11 is 0. The minimum absolute atomic E-state index is 0.0367. The second-order valence-corrected chi connectivity index (χ2v) is 7.74. The van der Waals surface area contributed by atoms with E-state index in [4.69, 9.17) is 0 Å². The number of amides is 1. The zero-order valence-corrected chi connectivity index (χ0v) is 16.7. The number of H-pyrrole nitrogens is 1. The van der Waals surface area contributed by atoms with E-state index < -0.39 is 0 Å². The molecule has 6 heteroatoms. The molecule has 0 aliphatic heterocycles. The summed E-state index contributed by atoms with van der Waals surface area (Å²) in [5.74, 6) is -0.176. The molecule has 1 amide bonds. The molecule has 0 radical (unpaired) electrons. The molecule has 5 nitrogen and oxygen atoms in total. The quantitative estimate of drug-likeness (QED) is 0.657. The summed E-state index contributed by atoms with van der Waals surface area (Å²) in [5.41, 5.74) is 3.37. The maximum absolute atomic E-state index is 13.2. The molecule has 2 atom stereocenters. The van der Waals surface area contributed by atoms with Crippen LogP contribution in [-0.4, -0.2) is 39.4 Å². The van der Waals surface area contributed by atoms with E-state index in [0.29, 0.717) is 24.8 Å². The molecule has 1 fully saturated rings. The van der Waals surface area contributed by atoms with Crippen LogP contribution in [0.4, 0.5) is 4.39 Å². The lowest BCUT2D eigenvalue weighted by atomic mass is 9.89. The average Bonchev–Trinajstić information content (AvgIpc) is 3.18. The fourth-order valence-electron chi connectivity index (χ4n) is 4.29. The highest BCUT2D eigenvalue weighted by atomic mass is 19.1. The maximum Gasteiger partial charge on any atom is 0.270 e. The van der Waals surface area contributed by atoms with Crippen LogP contribution in [0.15, 0.2) is 48.7 Å². The number of nitrogens with zero attached hydrogens (tertiary/aromatic N) is 2. The standard InChI is InChI=1S/C23H27FN4O/c1-2-28(23(29)22-14-21-20(27-22)7-4-12-25-21)19-6-3-5-18(13-19)26-15-16-8-10-17(24)11-9-16/h4,7-12,14,18-19,26-27H,2-3,5-6,13,15H2,1H3. The lowest BCUT2D eigenvalue weighted by Crippen LogP contribution is -2.46. The van der Waals surface area contributed by atoms with E-state index in [1.54, 1.807) is 6.20 Å². The Hall–Kier alpha value is -2.73. The third kappa shape index (κ3) is 4.48. The van der Waals surface area contributed by atoms with Crippen molar-refractivity contribution in [2.24, 2.45) is 0 Å². The number of rotatable bonds is 6. The van der Waals surface area contributed by atoms with Gasteiger partial charge in [0.05, 0.1) is 11.0 Å². The van der Waals surface area contributed by atoms with Crippen LogP contribution < -0.4 is 5.32 Å². The zero-order chi connectivity index (χ0) is 20.2. The third-order valence-corrected chi connectivity index (χ3v) is 5.82. The van der Waals surface area contributed by atoms with Crippen molar-refractivity contribution >= 4 is 16.9 Å². The van der Waals surface area contributed by atoms with Crippen molar-refractivity contribution < 1.29 is 9.18 Å². The summed E-state index contributed by atoms with van der Waals surface area (Å²) in [5, 5.41) is 3.59. The molecular weight excluding hydrogens is 367 g/mol. The van der Waals surface area contributed by atoms with Crippen LogP contribution >= 0.6 is 0 Å². The zero-order valence-electron chi connectivity index (χ0n) is 16.7. The smallest absolute Gasteiger partial charge is 0.270 e. The summed E-state index contributed by atoms with van der Waals surface area (Å²) in [6.45, 7) is 3.43. The Balaban J connectivity index is 1.41. The molecule has 152 valence electrons. The number of aromatic nitrogens is 2. The second kappa shape index (κ2) is 8.74. The fraction of sp³-hybridized carbons (Fsp3) is 0.391. The SMILES string of the molecule is CCN(C(=O)c1cc2ncccc2[nH]1)C1CCCC(NCc2ccc(F)cc2)C1. The van der Waals surface area contributed by atoms with Gasteiger partial charge in [0, 0.05) is 31.4 Å². The van der Waals surface area contributed by atoms with Gasteiger partial charge in [-0.2, -0.15) is 0 Å². The molecule has 4 rings (SSSR count). The fourth-order valence-corrected chi connectivity index (χ4v) is 4.29. The molecule has 1 saturated carbocycles. The highest BCUT2D eigenvalue weighted by Crippen LogP contribution is 2.25. The number of carbonyl (C=O) groups excluding carboxylic acids is 1. The van der Waals surface area contributed by atoms with Crippen LogP contribution in [0.5, 0.6) is 0 Å². The highest BCUT2D eigenvalue weighted by Gasteiger charge is 2.29. The molecule has 29 heavy (non-hydrogen) atoms. The normalized spacial score (nSPS) is 19.4. The van der Waals surface area contributed by atoms with Gasteiger partial charge in [0.1, 0.15) is 11.5 Å². The van der Waals surface area contributed by atoms with Gasteiger partial charge in [-0.25, -0.2) is 4.39 Å². The van der Waals surface area contributed by atoms with Crippen LogP contribution in [0.25, 0.3) is 11.0 Å². The number of carbonyl (C=O) groups is 1. The Morgan fingerprint density at radius 1 is 1.28 bits per heavy atom. The van der Waals surface area contributed by atoms with Crippen molar-refractivity contribution in [1.82, 2.24) is 20.2 Å². The van der Waals surface area contributed by atoms with E-state index in [9.17, 15) is 9.18 Å². The first-order valence-electron chi connectivity index (χ1n) is 10.4. The van der Waals surface area contributed by atoms with Gasteiger partial charge in [-0.15, -0.1) is 0 Å². The largest absolute Gasteiger partial charge is 0.349 e. The number of pyridine rings is 1. The van der Waals surface area contributed by atoms with Gasteiger partial charge in [0.25, 0.3) is 5.91 Å². The number of nitrogens with one attached hydrogen (secondary N) is 2. The van der Waals surface area contributed by atoms with E-state index in [2.05, 4.69) is 15.3 Å². The molecule has 3 aromatic rings. The highest BCUT2D eigenvalue weighted by molar-refractivity contribution is 5.97. The van der Waals surface area contributed by atoms with Crippen molar-refractivity contribution in [2.75, 3.05) is 6.54 Å². The molecule has 1 aromatic carbocycles. The Labute approximate surface area is 170 Å². The number of fused-ring (bicyclic) bond motifs is 1. The molecule has 2 aromatic heterocycles. The minimum Gasteiger partial charge on any atom is -0.349 e. The van der Waals surface area contributed by atoms with E-state index in [0.717, 1.165) is 42.3 Å². The van der Waals surface area contributed by atoms with Crippen LogP contribution in [0.3, 0.4) is 0 Å². The number of hydrogen-bond donors (Lipinski definition) is 2. The summed E-state index contributed by atoms with van der Waals surface area (Å²) in [6.07, 6.45) is 5.87. The molecule has 2 unspecified atom stereocenters. The first kappa shape index (κ1) is 19.6. The van der Waals surface area contributed by atoms with Crippen LogP contribution in [0.1, 0.15) is 48.7 Å². The van der Waals surface area contributed by atoms with Gasteiger partial charge in [-0.1, -0.05) is 12.1 Å². The Morgan fingerprint density at radius 2 is 2.10 bits per heavy atom. The van der Waals surface area contributed by atoms with Crippen LogP contribution in [0, 0.1) is 5.82 Å². The molecule has 0 spiro atoms. The average molecular weight is 394 g/mol. The Kier molecular flexibility index (Phi) is 5.90. The first-order chi connectivity index (χ1) is 14.1. The molecule has 1 aliphatic rings. The van der Waals surface area contributed by atoms with Gasteiger partial charge in [0.2, 0.25) is 0 Å². The molecule has 0 saturated heterocycles. The lowest BCUT2D eigenvalue weighted by molar-refractivity contribution is 0.0623. The number of aromatic amines is 1. The number of hydrogen-bond acceptors (Lipinski definition) is 3. The summed E-state index contributed by atoms with van der Waals surface area (Å²) in [4.78, 5) is 22.7. The van der Waals surface area contributed by atoms with Crippen molar-refractivity contribution in [1.29, 1.82) is 0 Å². The monoisotopic (exact) mass is 394 g/mol. The minimum atomic E-state index is -0.212. The topological polar surface area (TPSA) is 61.0 Å². The number of halogens is 1. The van der Waals surface area contributed by atoms with Crippen molar-refractivity contribution in [2.45, 2.75) is 51.2 Å². The molecule has 2 N–H and O–H groups in total. The summed E-state index contributed by atoms with van der Waals surface area (Å²) < 4.78 is 13.1. The van der Waals surface area contributed by atoms with Crippen molar-refractivity contribution in [3.63, 3.8) is 0 Å². The van der Waals surface area contributed by atoms with E-state index >= 15 is 0 Å². The van der Waals surface area contributed by atoms with Gasteiger partial charge >= 0.3 is 0 Å². The predicted octanol–water partition coefficient (Wildman–Crippen LogP) is 4.27. The molecule has 1 aliphatic carbocycles. The van der Waals surface area contributed by atoms with E-state index in [-0.39, 0.29) is 17.8 Å². The predicted molar refractivity (Wildman–Crippen MR) is 112 cm³/mol. The third-order valence-electron chi connectivity index (χ3n) is 5.82. The van der Waals surface area contributed by atoms with E-state index in [1.165, 1.54) is 12.1 Å². The summed E-state index contributed by atoms with van der Waals surface area (Å²) in [6, 6.07) is 12.8. The number of benzene rings is 1. The van der Waals surface area contributed by atoms with Gasteiger partial charge < -0.3 is 15.2 Å². The van der Waals surface area contributed by atoms with E-state index in [1.807, 2.05) is 42.2 Å². The Bertz CT molecular complexity index is 935. The van der Waals surface area contributed by atoms with Gasteiger partial charge in [-0.3, -0.25) is 9.78 Å². The van der Waals surface area contributed by atoms with Crippen LogP contribution in [-0.2, 0) is 6.54 Å². The van der Waals surface area contributed by atoms with Gasteiger partial charge in [0.15, 0.2) is 0 Å². The summed E-state index contributed by atoms with van der Waals surface area (Å²) in [7, 11) is 0.